The Morgan fingerprint density at radius 3 is 2.25 bits per heavy atom. The Balaban J connectivity index is 2.04. The van der Waals surface area contributed by atoms with E-state index in [9.17, 15) is 10.2 Å². The molecule has 0 radical (unpaired) electrons. The molecule has 0 aromatic rings. The van der Waals surface area contributed by atoms with Crippen LogP contribution in [-0.4, -0.2) is 35.6 Å². The predicted octanol–water partition coefficient (Wildman–Crippen LogP) is 1.72. The first-order chi connectivity index (χ1) is 7.55. The third-order valence-corrected chi connectivity index (χ3v) is 4.96. The summed E-state index contributed by atoms with van der Waals surface area (Å²) in [6.45, 7) is 2.33. The lowest BCUT2D eigenvalue weighted by molar-refractivity contribution is -0.212. The van der Waals surface area contributed by atoms with Gasteiger partial charge in [0.05, 0.1) is 18.3 Å². The number of hydrogen-bond acceptors (Lipinski definition) is 3. The average molecular weight is 228 g/mol. The summed E-state index contributed by atoms with van der Waals surface area (Å²) in [6.07, 6.45) is 5.69. The molecule has 0 spiro atoms. The average Bonchev–Trinajstić information content (AvgIpc) is 2.22. The smallest absolute Gasteiger partial charge is 0.0727 e. The zero-order valence-corrected chi connectivity index (χ0v) is 10.4. The molecule has 0 amide bonds. The third-order valence-electron chi connectivity index (χ3n) is 4.96. The highest BCUT2D eigenvalue weighted by Gasteiger charge is 2.58. The molecule has 0 unspecified atom stereocenters. The number of hydrogen-bond donors (Lipinski definition) is 2. The fourth-order valence-electron chi connectivity index (χ4n) is 3.40. The van der Waals surface area contributed by atoms with E-state index >= 15 is 0 Å². The molecule has 16 heavy (non-hydrogen) atoms. The van der Waals surface area contributed by atoms with E-state index in [1.165, 1.54) is 0 Å². The highest BCUT2D eigenvalue weighted by Crippen LogP contribution is 2.55. The monoisotopic (exact) mass is 228 g/mol. The van der Waals surface area contributed by atoms with Gasteiger partial charge in [0.15, 0.2) is 0 Å². The Bertz CT molecular complexity index is 232. The number of aliphatic hydroxyl groups is 2. The van der Waals surface area contributed by atoms with Crippen LogP contribution in [0.4, 0.5) is 0 Å². The minimum atomic E-state index is -0.650. The van der Waals surface area contributed by atoms with Crippen molar-refractivity contribution in [1.29, 1.82) is 0 Å². The zero-order chi connectivity index (χ0) is 11.8. The Morgan fingerprint density at radius 1 is 1.25 bits per heavy atom. The summed E-state index contributed by atoms with van der Waals surface area (Å²) in [5.41, 5.74) is -0.933. The minimum absolute atomic E-state index is 0.0950. The van der Waals surface area contributed by atoms with Crippen molar-refractivity contribution >= 4 is 0 Å². The van der Waals surface area contributed by atoms with Crippen LogP contribution >= 0.6 is 0 Å². The molecule has 0 aromatic heterocycles. The van der Waals surface area contributed by atoms with Crippen LogP contribution in [0.15, 0.2) is 0 Å². The van der Waals surface area contributed by atoms with Gasteiger partial charge in [-0.3, -0.25) is 0 Å². The number of rotatable bonds is 3. The van der Waals surface area contributed by atoms with Crippen molar-refractivity contribution in [2.24, 2.45) is 11.3 Å². The molecule has 2 aliphatic rings. The molecular formula is C13H24O3. The molecule has 2 N–H and O–H groups in total. The quantitative estimate of drug-likeness (QED) is 0.773. The van der Waals surface area contributed by atoms with E-state index in [0.717, 1.165) is 38.5 Å². The van der Waals surface area contributed by atoms with Crippen molar-refractivity contribution in [3.05, 3.63) is 0 Å². The summed E-state index contributed by atoms with van der Waals surface area (Å²) in [7, 11) is 1.71. The first-order valence-electron chi connectivity index (χ1n) is 6.41. The summed E-state index contributed by atoms with van der Waals surface area (Å²) in [6, 6.07) is 0. The van der Waals surface area contributed by atoms with Crippen LogP contribution in [0.2, 0.25) is 0 Å². The fourth-order valence-corrected chi connectivity index (χ4v) is 3.40. The first kappa shape index (κ1) is 12.3. The normalized spacial score (nSPS) is 48.8. The van der Waals surface area contributed by atoms with E-state index in [1.807, 2.05) is 0 Å². The second kappa shape index (κ2) is 4.28. The molecule has 2 rings (SSSR count). The van der Waals surface area contributed by atoms with Crippen LogP contribution in [0, 0.1) is 11.3 Å². The summed E-state index contributed by atoms with van der Waals surface area (Å²) in [5, 5.41) is 20.4. The molecule has 0 aliphatic heterocycles. The molecule has 2 saturated carbocycles. The second-order valence-corrected chi connectivity index (χ2v) is 5.92. The zero-order valence-electron chi connectivity index (χ0n) is 10.4. The van der Waals surface area contributed by atoms with Gasteiger partial charge in [-0.05, 0) is 44.4 Å². The lowest BCUT2D eigenvalue weighted by Gasteiger charge is -2.57. The molecule has 3 heteroatoms. The van der Waals surface area contributed by atoms with Gasteiger partial charge in [-0.1, -0.05) is 6.92 Å². The van der Waals surface area contributed by atoms with Crippen LogP contribution in [0.3, 0.4) is 0 Å². The van der Waals surface area contributed by atoms with E-state index in [-0.39, 0.29) is 18.1 Å². The molecular weight excluding hydrogens is 204 g/mol. The van der Waals surface area contributed by atoms with E-state index in [1.54, 1.807) is 7.11 Å². The van der Waals surface area contributed by atoms with Crippen LogP contribution in [0.5, 0.6) is 0 Å². The predicted molar refractivity (Wildman–Crippen MR) is 62.1 cm³/mol. The van der Waals surface area contributed by atoms with Crippen molar-refractivity contribution in [3.8, 4) is 0 Å². The van der Waals surface area contributed by atoms with E-state index in [0.29, 0.717) is 5.92 Å². The Labute approximate surface area is 97.8 Å². The van der Waals surface area contributed by atoms with Crippen molar-refractivity contribution in [1.82, 2.24) is 0 Å². The molecule has 0 atom stereocenters. The summed E-state index contributed by atoms with van der Waals surface area (Å²) < 4.78 is 5.28. The van der Waals surface area contributed by atoms with Crippen LogP contribution in [-0.2, 0) is 4.74 Å². The Morgan fingerprint density at radius 2 is 1.81 bits per heavy atom. The SMILES string of the molecule is COC1CC(CO)(C2(O)CCC(C)CC2)C1. The van der Waals surface area contributed by atoms with Gasteiger partial charge in [-0.25, -0.2) is 0 Å². The van der Waals surface area contributed by atoms with E-state index in [2.05, 4.69) is 6.92 Å². The van der Waals surface area contributed by atoms with Gasteiger partial charge in [0.2, 0.25) is 0 Å². The molecule has 0 heterocycles. The molecule has 3 nitrogen and oxygen atoms in total. The van der Waals surface area contributed by atoms with Crippen molar-refractivity contribution in [2.45, 2.75) is 57.2 Å². The summed E-state index contributed by atoms with van der Waals surface area (Å²) >= 11 is 0. The molecule has 2 aliphatic carbocycles. The van der Waals surface area contributed by atoms with Crippen LogP contribution < -0.4 is 0 Å². The minimum Gasteiger partial charge on any atom is -0.396 e. The van der Waals surface area contributed by atoms with Crippen LogP contribution in [0.1, 0.15) is 45.4 Å². The Kier molecular flexibility index (Phi) is 3.30. The highest BCUT2D eigenvalue weighted by atomic mass is 16.5. The van der Waals surface area contributed by atoms with Gasteiger partial charge < -0.3 is 14.9 Å². The number of methoxy groups -OCH3 is 1. The highest BCUT2D eigenvalue weighted by molar-refractivity contribution is 5.08. The molecule has 94 valence electrons. The molecule has 0 saturated heterocycles. The second-order valence-electron chi connectivity index (χ2n) is 5.92. The topological polar surface area (TPSA) is 49.7 Å². The standard InChI is InChI=1S/C13H24O3/c1-10-3-5-13(15,6-4-10)12(9-14)7-11(8-12)16-2/h10-11,14-15H,3-9H2,1-2H3. The maximum atomic E-state index is 10.8. The van der Waals surface area contributed by atoms with Crippen molar-refractivity contribution in [3.63, 3.8) is 0 Å². The lowest BCUT2D eigenvalue weighted by atomic mass is 9.53. The summed E-state index contributed by atoms with van der Waals surface area (Å²) in [5.74, 6) is 0.717. The number of aliphatic hydroxyl groups excluding tert-OH is 1. The summed E-state index contributed by atoms with van der Waals surface area (Å²) in [4.78, 5) is 0. The maximum absolute atomic E-state index is 10.8. The number of ether oxygens (including phenoxy) is 1. The van der Waals surface area contributed by atoms with E-state index in [4.69, 9.17) is 4.74 Å². The molecule has 0 bridgehead atoms. The van der Waals surface area contributed by atoms with Gasteiger partial charge in [-0.15, -0.1) is 0 Å². The largest absolute Gasteiger partial charge is 0.396 e. The first-order valence-corrected chi connectivity index (χ1v) is 6.41. The molecule has 0 aromatic carbocycles. The van der Waals surface area contributed by atoms with E-state index < -0.39 is 5.60 Å². The van der Waals surface area contributed by atoms with Gasteiger partial charge in [0, 0.05) is 12.5 Å². The van der Waals surface area contributed by atoms with Gasteiger partial charge in [0.1, 0.15) is 0 Å². The Hall–Kier alpha value is -0.120. The fraction of sp³-hybridized carbons (Fsp3) is 1.00. The maximum Gasteiger partial charge on any atom is 0.0727 e. The molecule has 2 fully saturated rings. The van der Waals surface area contributed by atoms with Crippen molar-refractivity contribution < 1.29 is 14.9 Å². The van der Waals surface area contributed by atoms with Gasteiger partial charge in [0.25, 0.3) is 0 Å². The van der Waals surface area contributed by atoms with Gasteiger partial charge >= 0.3 is 0 Å². The van der Waals surface area contributed by atoms with Crippen LogP contribution in [0.25, 0.3) is 0 Å². The van der Waals surface area contributed by atoms with Gasteiger partial charge in [-0.2, -0.15) is 0 Å². The third kappa shape index (κ3) is 1.79. The van der Waals surface area contributed by atoms with Crippen molar-refractivity contribution in [2.75, 3.05) is 13.7 Å². The lowest BCUT2D eigenvalue weighted by Crippen LogP contribution is -2.61.